The van der Waals surface area contributed by atoms with E-state index >= 15 is 0 Å². The molecule has 0 unspecified atom stereocenters. The van der Waals surface area contributed by atoms with E-state index in [1.54, 1.807) is 18.2 Å². The summed E-state index contributed by atoms with van der Waals surface area (Å²) in [5.41, 5.74) is 7.98. The van der Waals surface area contributed by atoms with Gasteiger partial charge in [-0.05, 0) is 48.9 Å². The van der Waals surface area contributed by atoms with E-state index in [0.717, 1.165) is 10.5 Å². The maximum atomic E-state index is 12.0. The number of nitrogen functional groups attached to an aromatic ring is 1. The highest BCUT2D eigenvalue weighted by Gasteiger charge is 2.08. The van der Waals surface area contributed by atoms with Crippen LogP contribution < -0.4 is 11.1 Å². The minimum Gasteiger partial charge on any atom is -0.399 e. The predicted molar refractivity (Wildman–Crippen MR) is 91.4 cm³/mol. The van der Waals surface area contributed by atoms with Crippen LogP contribution in [-0.2, 0) is 4.79 Å². The van der Waals surface area contributed by atoms with Gasteiger partial charge in [0.2, 0.25) is 5.91 Å². The average Bonchev–Trinajstić information content (AvgIpc) is 2.42. The quantitative estimate of drug-likeness (QED) is 0.630. The van der Waals surface area contributed by atoms with Crippen molar-refractivity contribution in [3.05, 3.63) is 52.0 Å². The van der Waals surface area contributed by atoms with E-state index in [4.69, 9.17) is 28.9 Å². The second-order valence-corrected chi connectivity index (χ2v) is 6.35. The smallest absolute Gasteiger partial charge is 0.234 e. The fourth-order valence-electron chi connectivity index (χ4n) is 1.76. The van der Waals surface area contributed by atoms with Gasteiger partial charge in [0.25, 0.3) is 0 Å². The first kappa shape index (κ1) is 16.0. The van der Waals surface area contributed by atoms with Crippen LogP contribution in [0.3, 0.4) is 0 Å². The third kappa shape index (κ3) is 4.56. The summed E-state index contributed by atoms with van der Waals surface area (Å²) in [4.78, 5) is 13.0. The highest BCUT2D eigenvalue weighted by atomic mass is 35.5. The molecule has 0 aliphatic heterocycles. The normalized spacial score (nSPS) is 10.4. The number of rotatable bonds is 4. The van der Waals surface area contributed by atoms with E-state index < -0.39 is 0 Å². The summed E-state index contributed by atoms with van der Waals surface area (Å²) in [6.45, 7) is 1.96. The lowest BCUT2D eigenvalue weighted by Crippen LogP contribution is -2.14. The monoisotopic (exact) mass is 340 g/mol. The summed E-state index contributed by atoms with van der Waals surface area (Å²) in [6, 6.07) is 10.6. The molecule has 0 saturated heterocycles. The lowest BCUT2D eigenvalue weighted by atomic mass is 10.2. The molecule has 3 N–H and O–H groups in total. The first-order chi connectivity index (χ1) is 9.95. The number of amides is 1. The van der Waals surface area contributed by atoms with Crippen LogP contribution in [0.15, 0.2) is 41.3 Å². The lowest BCUT2D eigenvalue weighted by Gasteiger charge is -2.09. The van der Waals surface area contributed by atoms with Gasteiger partial charge in [-0.25, -0.2) is 0 Å². The van der Waals surface area contributed by atoms with Gasteiger partial charge in [0.15, 0.2) is 0 Å². The van der Waals surface area contributed by atoms with Gasteiger partial charge in [-0.1, -0.05) is 23.2 Å². The van der Waals surface area contributed by atoms with E-state index in [0.29, 0.717) is 21.4 Å². The molecule has 0 spiro atoms. The van der Waals surface area contributed by atoms with Crippen molar-refractivity contribution in [1.82, 2.24) is 0 Å². The van der Waals surface area contributed by atoms with Crippen molar-refractivity contribution in [3.8, 4) is 0 Å². The van der Waals surface area contributed by atoms with Gasteiger partial charge in [-0.3, -0.25) is 4.79 Å². The van der Waals surface area contributed by atoms with Gasteiger partial charge in [-0.2, -0.15) is 0 Å². The number of nitrogens with one attached hydrogen (secondary N) is 1. The predicted octanol–water partition coefficient (Wildman–Crippen LogP) is 4.61. The van der Waals surface area contributed by atoms with Crippen LogP contribution in [0.1, 0.15) is 5.56 Å². The fourth-order valence-corrected chi connectivity index (χ4v) is 2.90. The van der Waals surface area contributed by atoms with Gasteiger partial charge in [0.1, 0.15) is 0 Å². The average molecular weight is 341 g/mol. The van der Waals surface area contributed by atoms with Crippen LogP contribution in [0, 0.1) is 6.92 Å². The molecule has 0 aliphatic carbocycles. The van der Waals surface area contributed by atoms with Crippen LogP contribution in [0.25, 0.3) is 0 Å². The Morgan fingerprint density at radius 3 is 2.71 bits per heavy atom. The fraction of sp³-hybridized carbons (Fsp3) is 0.133. The highest BCUT2D eigenvalue weighted by molar-refractivity contribution is 8.00. The molecule has 0 heterocycles. The zero-order chi connectivity index (χ0) is 15.4. The summed E-state index contributed by atoms with van der Waals surface area (Å²) >= 11 is 13.3. The molecule has 110 valence electrons. The molecule has 21 heavy (non-hydrogen) atoms. The van der Waals surface area contributed by atoms with Gasteiger partial charge in [0, 0.05) is 15.6 Å². The van der Waals surface area contributed by atoms with Crippen molar-refractivity contribution in [3.63, 3.8) is 0 Å². The maximum Gasteiger partial charge on any atom is 0.234 e. The second-order valence-electron chi connectivity index (χ2n) is 4.49. The van der Waals surface area contributed by atoms with Gasteiger partial charge in [-0.15, -0.1) is 11.8 Å². The third-order valence-corrected chi connectivity index (χ3v) is 4.50. The maximum absolute atomic E-state index is 12.0. The van der Waals surface area contributed by atoms with Crippen LogP contribution in [-0.4, -0.2) is 11.7 Å². The Hall–Kier alpha value is -1.36. The Morgan fingerprint density at radius 2 is 2.00 bits per heavy atom. The largest absolute Gasteiger partial charge is 0.399 e. The Balaban J connectivity index is 1.97. The van der Waals surface area contributed by atoms with Crippen LogP contribution in [0.4, 0.5) is 11.4 Å². The molecule has 3 nitrogen and oxygen atoms in total. The molecule has 0 saturated carbocycles. The molecule has 2 rings (SSSR count). The van der Waals surface area contributed by atoms with E-state index in [9.17, 15) is 4.79 Å². The molecule has 0 aliphatic rings. The van der Waals surface area contributed by atoms with Crippen LogP contribution in [0.2, 0.25) is 10.0 Å². The summed E-state index contributed by atoms with van der Waals surface area (Å²) in [5, 5.41) is 3.74. The van der Waals surface area contributed by atoms with Crippen molar-refractivity contribution in [2.45, 2.75) is 11.8 Å². The van der Waals surface area contributed by atoms with Gasteiger partial charge < -0.3 is 11.1 Å². The number of benzene rings is 2. The molecular formula is C15H14Cl2N2OS. The van der Waals surface area contributed by atoms with Crippen LogP contribution in [0.5, 0.6) is 0 Å². The molecule has 0 aromatic heterocycles. The summed E-state index contributed by atoms with van der Waals surface area (Å²) < 4.78 is 0. The summed E-state index contributed by atoms with van der Waals surface area (Å²) in [5.74, 6) is 0.147. The number of nitrogens with two attached hydrogens (primary N) is 1. The number of carbonyl (C=O) groups excluding carboxylic acids is 1. The Morgan fingerprint density at radius 1 is 1.24 bits per heavy atom. The molecule has 1 amide bonds. The molecule has 0 radical (unpaired) electrons. The van der Waals surface area contributed by atoms with Crippen molar-refractivity contribution < 1.29 is 4.79 Å². The Bertz CT molecular complexity index is 677. The zero-order valence-electron chi connectivity index (χ0n) is 11.3. The van der Waals surface area contributed by atoms with Crippen molar-refractivity contribution in [2.75, 3.05) is 16.8 Å². The van der Waals surface area contributed by atoms with E-state index in [2.05, 4.69) is 5.32 Å². The summed E-state index contributed by atoms with van der Waals surface area (Å²) in [6.07, 6.45) is 0. The van der Waals surface area contributed by atoms with Gasteiger partial charge >= 0.3 is 0 Å². The van der Waals surface area contributed by atoms with E-state index in [1.165, 1.54) is 11.8 Å². The number of aryl methyl sites for hydroxylation is 1. The van der Waals surface area contributed by atoms with Crippen LogP contribution >= 0.6 is 35.0 Å². The van der Waals surface area contributed by atoms with Crippen molar-refractivity contribution >= 4 is 52.2 Å². The first-order valence-electron chi connectivity index (χ1n) is 6.19. The Labute approximate surface area is 137 Å². The molecule has 6 heteroatoms. The lowest BCUT2D eigenvalue weighted by molar-refractivity contribution is -0.113. The standard InChI is InChI=1S/C15H14Cl2N2OS/c1-9-6-11(18)3-5-14(9)21-8-15(20)19-13-7-10(16)2-4-12(13)17/h2-7H,8,18H2,1H3,(H,19,20). The minimum absolute atomic E-state index is 0.139. The van der Waals surface area contributed by atoms with E-state index in [-0.39, 0.29) is 11.7 Å². The molecule has 0 bridgehead atoms. The number of carbonyl (C=O) groups is 1. The molecular weight excluding hydrogens is 327 g/mol. The SMILES string of the molecule is Cc1cc(N)ccc1SCC(=O)Nc1cc(Cl)ccc1Cl. The minimum atomic E-state index is -0.139. The Kier molecular flexibility index (Phi) is 5.39. The number of thioether (sulfide) groups is 1. The first-order valence-corrected chi connectivity index (χ1v) is 7.93. The number of anilines is 2. The topological polar surface area (TPSA) is 55.1 Å². The number of hydrogen-bond acceptors (Lipinski definition) is 3. The number of halogens is 2. The number of hydrogen-bond donors (Lipinski definition) is 2. The molecule has 2 aromatic carbocycles. The van der Waals surface area contributed by atoms with Crippen molar-refractivity contribution in [1.29, 1.82) is 0 Å². The van der Waals surface area contributed by atoms with E-state index in [1.807, 2.05) is 25.1 Å². The second kappa shape index (κ2) is 7.07. The van der Waals surface area contributed by atoms with Gasteiger partial charge in [0.05, 0.1) is 16.5 Å². The molecule has 0 atom stereocenters. The molecule has 2 aromatic rings. The summed E-state index contributed by atoms with van der Waals surface area (Å²) in [7, 11) is 0. The molecule has 0 fully saturated rings. The third-order valence-electron chi connectivity index (χ3n) is 2.76. The zero-order valence-corrected chi connectivity index (χ0v) is 13.6. The highest BCUT2D eigenvalue weighted by Crippen LogP contribution is 2.27. The van der Waals surface area contributed by atoms with Crippen molar-refractivity contribution in [2.24, 2.45) is 0 Å².